The van der Waals surface area contributed by atoms with Crippen LogP contribution in [0, 0.1) is 6.92 Å². The van der Waals surface area contributed by atoms with E-state index in [-0.39, 0.29) is 11.2 Å². The van der Waals surface area contributed by atoms with Crippen LogP contribution in [-0.4, -0.2) is 29.0 Å². The van der Waals surface area contributed by atoms with E-state index in [1.54, 1.807) is 6.92 Å². The van der Waals surface area contributed by atoms with Crippen LogP contribution in [0.3, 0.4) is 0 Å². The van der Waals surface area contributed by atoms with Crippen LogP contribution in [0.4, 0.5) is 11.5 Å². The molecular formula is C11H18ClN5O. The zero-order chi connectivity index (χ0) is 13.5. The molecule has 0 saturated carbocycles. The number of nitrogens with zero attached hydrogens (tertiary/aromatic N) is 2. The average Bonchev–Trinajstić information content (AvgIpc) is 2.32. The minimum Gasteiger partial charge on any atom is -0.394 e. The van der Waals surface area contributed by atoms with Gasteiger partial charge in [-0.05, 0) is 24.9 Å². The van der Waals surface area contributed by atoms with Crippen LogP contribution in [0.5, 0.6) is 0 Å². The third-order valence-corrected chi connectivity index (χ3v) is 2.49. The number of aromatic nitrogens is 2. The molecule has 1 heterocycles. The molecule has 0 fully saturated rings. The molecule has 1 rings (SSSR count). The SMILES string of the molecule is CCCNC(=O)CCNc1nc(Cl)nc(C)c1N. The van der Waals surface area contributed by atoms with E-state index in [1.807, 2.05) is 6.92 Å². The molecule has 100 valence electrons. The molecule has 1 aromatic heterocycles. The zero-order valence-corrected chi connectivity index (χ0v) is 11.3. The van der Waals surface area contributed by atoms with E-state index in [9.17, 15) is 4.79 Å². The number of amides is 1. The fraction of sp³-hybridized carbons (Fsp3) is 0.545. The number of hydrogen-bond acceptors (Lipinski definition) is 5. The van der Waals surface area contributed by atoms with Gasteiger partial charge in [-0.1, -0.05) is 6.92 Å². The van der Waals surface area contributed by atoms with Crippen molar-refractivity contribution in [3.8, 4) is 0 Å². The number of nitrogen functional groups attached to an aromatic ring is 1. The molecule has 0 aromatic carbocycles. The lowest BCUT2D eigenvalue weighted by Crippen LogP contribution is -2.26. The van der Waals surface area contributed by atoms with E-state index >= 15 is 0 Å². The Morgan fingerprint density at radius 2 is 2.11 bits per heavy atom. The molecule has 18 heavy (non-hydrogen) atoms. The van der Waals surface area contributed by atoms with Crippen molar-refractivity contribution in [3.63, 3.8) is 0 Å². The highest BCUT2D eigenvalue weighted by Crippen LogP contribution is 2.20. The topological polar surface area (TPSA) is 92.9 Å². The van der Waals surface area contributed by atoms with E-state index < -0.39 is 0 Å². The summed E-state index contributed by atoms with van der Waals surface area (Å²) in [6, 6.07) is 0. The smallest absolute Gasteiger partial charge is 0.224 e. The van der Waals surface area contributed by atoms with Gasteiger partial charge in [-0.2, -0.15) is 4.98 Å². The lowest BCUT2D eigenvalue weighted by atomic mass is 10.3. The average molecular weight is 272 g/mol. The maximum absolute atomic E-state index is 11.4. The van der Waals surface area contributed by atoms with Crippen LogP contribution in [-0.2, 0) is 4.79 Å². The number of anilines is 2. The Bertz CT molecular complexity index is 424. The third kappa shape index (κ3) is 4.37. The van der Waals surface area contributed by atoms with Crippen molar-refractivity contribution in [3.05, 3.63) is 11.0 Å². The summed E-state index contributed by atoms with van der Waals surface area (Å²) in [6.45, 7) is 4.90. The minimum atomic E-state index is -0.000188. The second-order valence-electron chi connectivity index (χ2n) is 3.87. The molecule has 0 bridgehead atoms. The lowest BCUT2D eigenvalue weighted by molar-refractivity contribution is -0.120. The first kappa shape index (κ1) is 14.5. The summed E-state index contributed by atoms with van der Waals surface area (Å²) in [4.78, 5) is 19.3. The van der Waals surface area contributed by atoms with Crippen molar-refractivity contribution >= 4 is 29.0 Å². The van der Waals surface area contributed by atoms with Gasteiger partial charge in [0.15, 0.2) is 5.82 Å². The number of carbonyl (C=O) groups is 1. The number of carbonyl (C=O) groups excluding carboxylic acids is 1. The number of nitrogens with one attached hydrogen (secondary N) is 2. The van der Waals surface area contributed by atoms with Gasteiger partial charge in [0.05, 0.1) is 11.4 Å². The zero-order valence-electron chi connectivity index (χ0n) is 10.6. The Morgan fingerprint density at radius 1 is 1.39 bits per heavy atom. The molecule has 0 radical (unpaired) electrons. The van der Waals surface area contributed by atoms with Gasteiger partial charge in [-0.25, -0.2) is 4.98 Å². The number of hydrogen-bond donors (Lipinski definition) is 3. The normalized spacial score (nSPS) is 10.2. The second kappa shape index (κ2) is 7.00. The Labute approximate surface area is 111 Å². The molecule has 6 nitrogen and oxygen atoms in total. The Hall–Kier alpha value is -1.56. The van der Waals surface area contributed by atoms with Gasteiger partial charge in [0, 0.05) is 19.5 Å². The largest absolute Gasteiger partial charge is 0.394 e. The molecule has 0 atom stereocenters. The highest BCUT2D eigenvalue weighted by molar-refractivity contribution is 6.28. The Balaban J connectivity index is 2.46. The van der Waals surface area contributed by atoms with Crippen LogP contribution in [0.25, 0.3) is 0 Å². The lowest BCUT2D eigenvalue weighted by Gasteiger charge is -2.10. The molecule has 0 spiro atoms. The first-order valence-electron chi connectivity index (χ1n) is 5.84. The van der Waals surface area contributed by atoms with Crippen LogP contribution in [0.2, 0.25) is 5.28 Å². The van der Waals surface area contributed by atoms with E-state index in [0.717, 1.165) is 6.42 Å². The predicted octanol–water partition coefficient (Wildman–Crippen LogP) is 1.35. The first-order valence-corrected chi connectivity index (χ1v) is 6.22. The molecule has 0 aliphatic heterocycles. The van der Waals surface area contributed by atoms with Gasteiger partial charge in [-0.3, -0.25) is 4.79 Å². The summed E-state index contributed by atoms with van der Waals surface area (Å²) in [7, 11) is 0. The van der Waals surface area contributed by atoms with Crippen LogP contribution in [0.1, 0.15) is 25.5 Å². The summed E-state index contributed by atoms with van der Waals surface area (Å²) in [5, 5.41) is 5.91. The van der Waals surface area contributed by atoms with E-state index in [2.05, 4.69) is 20.6 Å². The van der Waals surface area contributed by atoms with Gasteiger partial charge in [0.1, 0.15) is 0 Å². The summed E-state index contributed by atoms with van der Waals surface area (Å²) < 4.78 is 0. The maximum atomic E-state index is 11.4. The quantitative estimate of drug-likeness (QED) is 0.679. The van der Waals surface area contributed by atoms with Gasteiger partial charge in [0.25, 0.3) is 0 Å². The van der Waals surface area contributed by atoms with Gasteiger partial charge in [0.2, 0.25) is 11.2 Å². The second-order valence-corrected chi connectivity index (χ2v) is 4.21. The molecular weight excluding hydrogens is 254 g/mol. The third-order valence-electron chi connectivity index (χ3n) is 2.33. The van der Waals surface area contributed by atoms with Crippen molar-refractivity contribution < 1.29 is 4.79 Å². The standard InChI is InChI=1S/C11H18ClN5O/c1-3-5-14-8(18)4-6-15-10-9(13)7(2)16-11(12)17-10/h3-6,13H2,1-2H3,(H,14,18)(H,15,16,17). The fourth-order valence-electron chi connectivity index (χ4n) is 1.33. The molecule has 0 aliphatic rings. The molecule has 1 aromatic rings. The summed E-state index contributed by atoms with van der Waals surface area (Å²) in [5.41, 5.74) is 6.87. The number of halogens is 1. The highest BCUT2D eigenvalue weighted by atomic mass is 35.5. The Morgan fingerprint density at radius 3 is 2.78 bits per heavy atom. The number of rotatable bonds is 6. The highest BCUT2D eigenvalue weighted by Gasteiger charge is 2.07. The minimum absolute atomic E-state index is 0.000188. The van der Waals surface area contributed by atoms with E-state index in [0.29, 0.717) is 36.7 Å². The molecule has 0 unspecified atom stereocenters. The predicted molar refractivity (Wildman–Crippen MR) is 72.6 cm³/mol. The summed E-state index contributed by atoms with van der Waals surface area (Å²) >= 11 is 5.74. The van der Waals surface area contributed by atoms with Crippen molar-refractivity contribution in [1.29, 1.82) is 0 Å². The summed E-state index contributed by atoms with van der Waals surface area (Å²) in [5.74, 6) is 0.468. The van der Waals surface area contributed by atoms with Gasteiger partial charge in [-0.15, -0.1) is 0 Å². The number of nitrogens with two attached hydrogens (primary N) is 1. The van der Waals surface area contributed by atoms with Crippen molar-refractivity contribution in [2.24, 2.45) is 0 Å². The van der Waals surface area contributed by atoms with E-state index in [4.69, 9.17) is 17.3 Å². The molecule has 7 heteroatoms. The first-order chi connectivity index (χ1) is 8.54. The summed E-state index contributed by atoms with van der Waals surface area (Å²) in [6.07, 6.45) is 1.28. The van der Waals surface area contributed by atoms with Crippen LogP contribution >= 0.6 is 11.6 Å². The van der Waals surface area contributed by atoms with E-state index in [1.165, 1.54) is 0 Å². The van der Waals surface area contributed by atoms with Crippen molar-refractivity contribution in [2.75, 3.05) is 24.1 Å². The fourth-order valence-corrected chi connectivity index (χ4v) is 1.54. The molecule has 1 amide bonds. The van der Waals surface area contributed by atoms with Gasteiger partial charge >= 0.3 is 0 Å². The van der Waals surface area contributed by atoms with Gasteiger partial charge < -0.3 is 16.4 Å². The molecule has 0 saturated heterocycles. The van der Waals surface area contributed by atoms with Crippen LogP contribution < -0.4 is 16.4 Å². The number of aryl methyl sites for hydroxylation is 1. The monoisotopic (exact) mass is 271 g/mol. The van der Waals surface area contributed by atoms with Crippen molar-refractivity contribution in [2.45, 2.75) is 26.7 Å². The Kier molecular flexibility index (Phi) is 5.64. The molecule has 4 N–H and O–H groups in total. The van der Waals surface area contributed by atoms with Crippen LogP contribution in [0.15, 0.2) is 0 Å². The van der Waals surface area contributed by atoms with Crippen molar-refractivity contribution in [1.82, 2.24) is 15.3 Å². The maximum Gasteiger partial charge on any atom is 0.224 e. The molecule has 0 aliphatic carbocycles.